The van der Waals surface area contributed by atoms with Gasteiger partial charge in [-0.2, -0.15) is 8.42 Å². The number of rotatable bonds is 8. The number of carbonyl (C=O) groups excluding carboxylic acids is 1. The molecule has 7 heteroatoms. The van der Waals surface area contributed by atoms with Gasteiger partial charge in [0.1, 0.15) is 12.7 Å². The summed E-state index contributed by atoms with van der Waals surface area (Å²) in [4.78, 5) is 11.1. The Morgan fingerprint density at radius 2 is 2.06 bits per heavy atom. The lowest BCUT2D eigenvalue weighted by Gasteiger charge is -2.14. The molecule has 0 aliphatic rings. The molecule has 0 fully saturated rings. The van der Waals surface area contributed by atoms with E-state index in [0.29, 0.717) is 6.42 Å². The summed E-state index contributed by atoms with van der Waals surface area (Å²) in [5.74, 6) is -0.766. The van der Waals surface area contributed by atoms with Crippen LogP contribution in [0.4, 0.5) is 0 Å². The molecule has 0 rings (SSSR count). The van der Waals surface area contributed by atoms with Crippen LogP contribution in [-0.4, -0.2) is 38.7 Å². The molecule has 0 bridgehead atoms. The van der Waals surface area contributed by atoms with Crippen LogP contribution in [0, 0.1) is 0 Å². The van der Waals surface area contributed by atoms with Crippen molar-refractivity contribution in [2.75, 3.05) is 18.2 Å². The number of hydrogen-bond acceptors (Lipinski definition) is 5. The molecular weight excluding hydrogens is 268 g/mol. The zero-order valence-electron chi connectivity index (χ0n) is 9.94. The second kappa shape index (κ2) is 7.68. The average Bonchev–Trinajstić information content (AvgIpc) is 2.23. The molecule has 0 aromatic rings. The predicted molar refractivity (Wildman–Crippen MR) is 65.4 cm³/mol. The minimum atomic E-state index is -3.61. The third-order valence-corrected chi connectivity index (χ3v) is 3.48. The zero-order chi connectivity index (χ0) is 13.5. The lowest BCUT2D eigenvalue weighted by Crippen LogP contribution is -2.28. The normalized spacial score (nSPS) is 13.1. The summed E-state index contributed by atoms with van der Waals surface area (Å²) < 4.78 is 32.2. The lowest BCUT2D eigenvalue weighted by molar-refractivity contribution is -0.140. The van der Waals surface area contributed by atoms with Gasteiger partial charge in [0.15, 0.2) is 0 Å². The Morgan fingerprint density at radius 1 is 1.47 bits per heavy atom. The third kappa shape index (κ3) is 7.36. The molecular formula is C10H17ClO5S. The van der Waals surface area contributed by atoms with E-state index in [0.717, 1.165) is 0 Å². The first-order valence-corrected chi connectivity index (χ1v) is 7.23. The van der Waals surface area contributed by atoms with Crippen LogP contribution in [0.3, 0.4) is 0 Å². The van der Waals surface area contributed by atoms with Gasteiger partial charge in [-0.15, -0.1) is 11.6 Å². The Hall–Kier alpha value is -0.590. The fourth-order valence-corrected chi connectivity index (χ4v) is 2.26. The number of halogens is 1. The summed E-state index contributed by atoms with van der Waals surface area (Å²) in [5.41, 5.74) is 0.231. The van der Waals surface area contributed by atoms with Gasteiger partial charge in [-0.25, -0.2) is 4.79 Å². The van der Waals surface area contributed by atoms with Crippen LogP contribution in [0.2, 0.25) is 0 Å². The van der Waals surface area contributed by atoms with Gasteiger partial charge in [-0.1, -0.05) is 13.5 Å². The second-order valence-corrected chi connectivity index (χ2v) is 5.54. The van der Waals surface area contributed by atoms with Crippen molar-refractivity contribution in [3.8, 4) is 0 Å². The first kappa shape index (κ1) is 16.4. The van der Waals surface area contributed by atoms with Crippen molar-refractivity contribution in [3.63, 3.8) is 0 Å². The Kier molecular flexibility index (Phi) is 7.41. The Morgan fingerprint density at radius 3 is 2.47 bits per heavy atom. The van der Waals surface area contributed by atoms with E-state index < -0.39 is 22.2 Å². The summed E-state index contributed by atoms with van der Waals surface area (Å²) in [7, 11) is -3.61. The van der Waals surface area contributed by atoms with E-state index in [9.17, 15) is 13.2 Å². The molecule has 0 amide bonds. The molecule has 0 heterocycles. The van der Waals surface area contributed by atoms with Crippen molar-refractivity contribution in [1.29, 1.82) is 0 Å². The van der Waals surface area contributed by atoms with Crippen LogP contribution in [0.5, 0.6) is 0 Å². The van der Waals surface area contributed by atoms with Crippen LogP contribution in [0.15, 0.2) is 12.2 Å². The van der Waals surface area contributed by atoms with Crippen LogP contribution < -0.4 is 0 Å². The highest BCUT2D eigenvalue weighted by Gasteiger charge is 2.20. The highest BCUT2D eigenvalue weighted by atomic mass is 35.5. The summed E-state index contributed by atoms with van der Waals surface area (Å²) >= 11 is 5.53. The van der Waals surface area contributed by atoms with E-state index in [1.165, 1.54) is 6.92 Å². The van der Waals surface area contributed by atoms with Crippen LogP contribution >= 0.6 is 11.6 Å². The molecule has 100 valence electrons. The van der Waals surface area contributed by atoms with Crippen LogP contribution in [0.1, 0.15) is 20.3 Å². The van der Waals surface area contributed by atoms with Gasteiger partial charge < -0.3 is 4.74 Å². The lowest BCUT2D eigenvalue weighted by atomic mass is 10.3. The van der Waals surface area contributed by atoms with Crippen molar-refractivity contribution >= 4 is 27.7 Å². The molecule has 0 N–H and O–H groups in total. The van der Waals surface area contributed by atoms with Gasteiger partial charge in [0.05, 0.1) is 11.6 Å². The third-order valence-electron chi connectivity index (χ3n) is 1.66. The maximum atomic E-state index is 11.3. The molecule has 17 heavy (non-hydrogen) atoms. The van der Waals surface area contributed by atoms with E-state index in [1.54, 1.807) is 6.92 Å². The largest absolute Gasteiger partial charge is 0.459 e. The molecule has 0 radical (unpaired) electrons. The van der Waals surface area contributed by atoms with Crippen molar-refractivity contribution in [1.82, 2.24) is 0 Å². The molecule has 0 spiro atoms. The summed E-state index contributed by atoms with van der Waals surface area (Å²) in [6.07, 6.45) is -0.417. The van der Waals surface area contributed by atoms with Crippen LogP contribution in [-0.2, 0) is 23.8 Å². The van der Waals surface area contributed by atoms with E-state index in [-0.39, 0.29) is 23.8 Å². The van der Waals surface area contributed by atoms with Crippen molar-refractivity contribution < 1.29 is 22.1 Å². The Labute approximate surface area is 107 Å². The average molecular weight is 285 g/mol. The van der Waals surface area contributed by atoms with E-state index in [2.05, 4.69) is 6.58 Å². The first-order chi connectivity index (χ1) is 7.82. The summed E-state index contributed by atoms with van der Waals surface area (Å²) in [6, 6.07) is 0. The standard InChI is InChI=1S/C10H17ClO5S/c1-4-5-17(13,14)16-9(6-11)7-15-10(12)8(2)3/h9H,2,4-7H2,1,3H3. The highest BCUT2D eigenvalue weighted by Crippen LogP contribution is 2.06. The van der Waals surface area contributed by atoms with E-state index in [4.69, 9.17) is 20.5 Å². The maximum Gasteiger partial charge on any atom is 0.333 e. The first-order valence-electron chi connectivity index (χ1n) is 5.12. The molecule has 0 aromatic carbocycles. The van der Waals surface area contributed by atoms with Crippen molar-refractivity contribution in [3.05, 3.63) is 12.2 Å². The quantitative estimate of drug-likeness (QED) is 0.292. The molecule has 0 saturated carbocycles. The minimum absolute atomic E-state index is 0.0770. The van der Waals surface area contributed by atoms with Gasteiger partial charge in [0.2, 0.25) is 0 Å². The Bertz CT molecular complexity index is 363. The monoisotopic (exact) mass is 284 g/mol. The van der Waals surface area contributed by atoms with Gasteiger partial charge in [0.25, 0.3) is 10.1 Å². The number of ether oxygens (including phenoxy) is 1. The number of carbonyl (C=O) groups is 1. The minimum Gasteiger partial charge on any atom is -0.459 e. The molecule has 5 nitrogen and oxygen atoms in total. The molecule has 1 unspecified atom stereocenters. The van der Waals surface area contributed by atoms with Gasteiger partial charge >= 0.3 is 5.97 Å². The summed E-state index contributed by atoms with van der Waals surface area (Å²) in [6.45, 7) is 6.40. The number of esters is 1. The molecule has 1 atom stereocenters. The molecule has 0 saturated heterocycles. The fourth-order valence-electron chi connectivity index (χ4n) is 0.895. The number of hydrogen-bond donors (Lipinski definition) is 0. The summed E-state index contributed by atoms with van der Waals surface area (Å²) in [5, 5.41) is 0. The van der Waals surface area contributed by atoms with Crippen LogP contribution in [0.25, 0.3) is 0 Å². The highest BCUT2D eigenvalue weighted by molar-refractivity contribution is 7.86. The molecule has 0 aliphatic heterocycles. The number of alkyl halides is 1. The van der Waals surface area contributed by atoms with Crippen molar-refractivity contribution in [2.45, 2.75) is 26.4 Å². The second-order valence-electron chi connectivity index (χ2n) is 3.51. The SMILES string of the molecule is C=C(C)C(=O)OCC(CCl)OS(=O)(=O)CCC. The molecule has 0 aliphatic carbocycles. The Balaban J connectivity index is 4.26. The predicted octanol–water partition coefficient (Wildman–Crippen LogP) is 1.47. The smallest absolute Gasteiger partial charge is 0.333 e. The van der Waals surface area contributed by atoms with Gasteiger partial charge in [0, 0.05) is 5.57 Å². The van der Waals surface area contributed by atoms with Gasteiger partial charge in [-0.3, -0.25) is 4.18 Å². The van der Waals surface area contributed by atoms with Gasteiger partial charge in [-0.05, 0) is 13.3 Å². The fraction of sp³-hybridized carbons (Fsp3) is 0.700. The topological polar surface area (TPSA) is 69.7 Å². The molecule has 0 aromatic heterocycles. The maximum absolute atomic E-state index is 11.3. The van der Waals surface area contributed by atoms with E-state index in [1.807, 2.05) is 0 Å². The zero-order valence-corrected chi connectivity index (χ0v) is 11.5. The van der Waals surface area contributed by atoms with Crippen molar-refractivity contribution in [2.24, 2.45) is 0 Å². The van der Waals surface area contributed by atoms with E-state index >= 15 is 0 Å².